The van der Waals surface area contributed by atoms with Crippen LogP contribution in [0.25, 0.3) is 21.2 Å². The maximum Gasteiger partial charge on any atom is 0.163 e. The van der Waals surface area contributed by atoms with Crippen molar-refractivity contribution in [1.82, 2.24) is 0 Å². The normalized spacial score (nSPS) is 9.94. The fourth-order valence-corrected chi connectivity index (χ4v) is 1.85. The van der Waals surface area contributed by atoms with Crippen LogP contribution in [0.15, 0.2) is 41.5 Å². The molecule has 0 N–H and O–H groups in total. The zero-order valence-electron chi connectivity index (χ0n) is 9.42. The molecule has 4 heteroatoms. The fraction of sp³-hybridized carbons (Fsp3) is 0.154. The van der Waals surface area contributed by atoms with E-state index in [1.807, 2.05) is 31.2 Å². The molecule has 0 saturated heterocycles. The van der Waals surface area contributed by atoms with Crippen molar-refractivity contribution >= 4 is 22.2 Å². The summed E-state index contributed by atoms with van der Waals surface area (Å²) in [5, 5.41) is 5.28. The number of rotatable bonds is 3. The van der Waals surface area contributed by atoms with Crippen molar-refractivity contribution in [2.45, 2.75) is 13.3 Å². The van der Waals surface area contributed by atoms with Gasteiger partial charge in [0, 0.05) is 22.6 Å². The van der Waals surface area contributed by atoms with Gasteiger partial charge in [-0.25, -0.2) is 0 Å². The summed E-state index contributed by atoms with van der Waals surface area (Å²) in [6.07, 6.45) is 0.463. The predicted octanol–water partition coefficient (Wildman–Crippen LogP) is 4.37. The molecule has 0 amide bonds. The first-order chi connectivity index (χ1) is 8.27. The van der Waals surface area contributed by atoms with Crippen LogP contribution in [-0.2, 0) is 0 Å². The summed E-state index contributed by atoms with van der Waals surface area (Å²) in [6.45, 7) is 1.83. The van der Waals surface area contributed by atoms with Crippen molar-refractivity contribution in [3.05, 3.63) is 52.4 Å². The van der Waals surface area contributed by atoms with Gasteiger partial charge < -0.3 is 0 Å². The Balaban J connectivity index is 2.79. The van der Waals surface area contributed by atoms with Gasteiger partial charge in [-0.1, -0.05) is 48.4 Å². The maximum atomic E-state index is 11.8. The number of carbonyl (C=O) groups is 1. The topological polar surface area (TPSA) is 65.8 Å². The molecule has 2 aromatic carbocycles. The molecule has 84 valence electrons. The number of fused-ring (bicyclic) bond motifs is 1. The minimum atomic E-state index is 0.0914. The van der Waals surface area contributed by atoms with Gasteiger partial charge in [0.05, 0.1) is 0 Å². The third-order valence-electron chi connectivity index (χ3n) is 2.68. The summed E-state index contributed by atoms with van der Waals surface area (Å²) in [6, 6.07) is 10.9. The second-order valence-electron chi connectivity index (χ2n) is 3.64. The van der Waals surface area contributed by atoms with E-state index in [2.05, 4.69) is 10.0 Å². The standard InChI is InChI=1S/C13H11N3O/c1-2-13(17)11-7-8-12(15-16-14)10-6-4-3-5-9(10)11/h3-8H,2H2,1H3. The van der Waals surface area contributed by atoms with Crippen LogP contribution in [0.2, 0.25) is 0 Å². The van der Waals surface area contributed by atoms with Crippen LogP contribution in [0, 0.1) is 0 Å². The summed E-state index contributed by atoms with van der Waals surface area (Å²) in [4.78, 5) is 14.6. The van der Waals surface area contributed by atoms with Crippen LogP contribution in [0.4, 0.5) is 5.69 Å². The second kappa shape index (κ2) is 4.68. The molecule has 0 spiro atoms. The number of hydrogen-bond donors (Lipinski definition) is 0. The molecule has 0 aliphatic rings. The van der Waals surface area contributed by atoms with Crippen LogP contribution >= 0.6 is 0 Å². The molecule has 2 aromatic rings. The van der Waals surface area contributed by atoms with Gasteiger partial charge in [0.25, 0.3) is 0 Å². The molecule has 0 aromatic heterocycles. The van der Waals surface area contributed by atoms with E-state index >= 15 is 0 Å². The quantitative estimate of drug-likeness (QED) is 0.331. The van der Waals surface area contributed by atoms with E-state index in [4.69, 9.17) is 5.53 Å². The Bertz CT molecular complexity index is 628. The molecule has 0 atom stereocenters. The molecule has 0 aliphatic carbocycles. The summed E-state index contributed by atoms with van der Waals surface area (Å²) < 4.78 is 0. The molecule has 0 radical (unpaired) electrons. The second-order valence-corrected chi connectivity index (χ2v) is 3.64. The van der Waals surface area contributed by atoms with Gasteiger partial charge in [-0.15, -0.1) is 0 Å². The first-order valence-corrected chi connectivity index (χ1v) is 5.38. The lowest BCUT2D eigenvalue weighted by atomic mass is 9.99. The highest BCUT2D eigenvalue weighted by atomic mass is 16.1. The van der Waals surface area contributed by atoms with E-state index in [0.717, 1.165) is 10.8 Å². The number of nitrogens with zero attached hydrogens (tertiary/aromatic N) is 3. The van der Waals surface area contributed by atoms with Crippen molar-refractivity contribution in [3.8, 4) is 0 Å². The average Bonchev–Trinajstić information content (AvgIpc) is 2.38. The predicted molar refractivity (Wildman–Crippen MR) is 67.4 cm³/mol. The van der Waals surface area contributed by atoms with Crippen LogP contribution in [0.3, 0.4) is 0 Å². The van der Waals surface area contributed by atoms with Gasteiger partial charge >= 0.3 is 0 Å². The SMILES string of the molecule is CCC(=O)c1ccc(N=[N+]=[N-])c2ccccc12. The van der Waals surface area contributed by atoms with Crippen molar-refractivity contribution in [2.75, 3.05) is 0 Å². The molecule has 0 bridgehead atoms. The molecule has 4 nitrogen and oxygen atoms in total. The number of hydrogen-bond acceptors (Lipinski definition) is 2. The summed E-state index contributed by atoms with van der Waals surface area (Å²) in [5.74, 6) is 0.0914. The van der Waals surface area contributed by atoms with Gasteiger partial charge in [-0.3, -0.25) is 4.79 Å². The average molecular weight is 225 g/mol. The van der Waals surface area contributed by atoms with E-state index < -0.39 is 0 Å². The van der Waals surface area contributed by atoms with E-state index in [1.54, 1.807) is 12.1 Å². The Kier molecular flexibility index (Phi) is 3.08. The zero-order chi connectivity index (χ0) is 12.3. The van der Waals surface area contributed by atoms with Crippen molar-refractivity contribution < 1.29 is 4.79 Å². The summed E-state index contributed by atoms with van der Waals surface area (Å²) >= 11 is 0. The maximum absolute atomic E-state index is 11.8. The van der Waals surface area contributed by atoms with Crippen LogP contribution in [0.5, 0.6) is 0 Å². The molecule has 0 saturated carbocycles. The first kappa shape index (κ1) is 11.2. The number of Topliss-reactive ketones (excluding diaryl/α,β-unsaturated/α-hetero) is 1. The minimum absolute atomic E-state index is 0.0914. The lowest BCUT2D eigenvalue weighted by molar-refractivity contribution is 0.0990. The number of ketones is 1. The Morgan fingerprint density at radius 2 is 1.94 bits per heavy atom. The molecule has 17 heavy (non-hydrogen) atoms. The van der Waals surface area contributed by atoms with Crippen LogP contribution in [0.1, 0.15) is 23.7 Å². The largest absolute Gasteiger partial charge is 0.294 e. The van der Waals surface area contributed by atoms with Crippen molar-refractivity contribution in [3.63, 3.8) is 0 Å². The Labute approximate surface area is 98.5 Å². The number of benzene rings is 2. The summed E-state index contributed by atoms with van der Waals surface area (Å²) in [7, 11) is 0. The minimum Gasteiger partial charge on any atom is -0.294 e. The van der Waals surface area contributed by atoms with Crippen LogP contribution in [-0.4, -0.2) is 5.78 Å². The van der Waals surface area contributed by atoms with E-state index in [-0.39, 0.29) is 5.78 Å². The van der Waals surface area contributed by atoms with Gasteiger partial charge in [-0.2, -0.15) is 0 Å². The van der Waals surface area contributed by atoms with Gasteiger partial charge in [-0.05, 0) is 16.3 Å². The lowest BCUT2D eigenvalue weighted by Crippen LogP contribution is -1.97. The highest BCUT2D eigenvalue weighted by molar-refractivity contribution is 6.10. The molecule has 2 rings (SSSR count). The molecule has 0 unspecified atom stereocenters. The van der Waals surface area contributed by atoms with Gasteiger partial charge in [0.1, 0.15) is 0 Å². The lowest BCUT2D eigenvalue weighted by Gasteiger charge is -2.06. The smallest absolute Gasteiger partial charge is 0.163 e. The molecular formula is C13H11N3O. The molecule has 0 fully saturated rings. The van der Waals surface area contributed by atoms with E-state index in [9.17, 15) is 4.79 Å². The third-order valence-corrected chi connectivity index (χ3v) is 2.68. The zero-order valence-corrected chi connectivity index (χ0v) is 9.42. The highest BCUT2D eigenvalue weighted by Gasteiger charge is 2.09. The van der Waals surface area contributed by atoms with Crippen molar-refractivity contribution in [2.24, 2.45) is 5.11 Å². The van der Waals surface area contributed by atoms with Gasteiger partial charge in [0.15, 0.2) is 5.78 Å². The number of azide groups is 1. The molecule has 0 aliphatic heterocycles. The fourth-order valence-electron chi connectivity index (χ4n) is 1.85. The number of carbonyl (C=O) groups excluding carboxylic acids is 1. The van der Waals surface area contributed by atoms with Gasteiger partial charge in [0.2, 0.25) is 0 Å². The highest BCUT2D eigenvalue weighted by Crippen LogP contribution is 2.29. The third kappa shape index (κ3) is 1.98. The van der Waals surface area contributed by atoms with E-state index in [0.29, 0.717) is 17.7 Å². The Hall–Kier alpha value is -2.32. The van der Waals surface area contributed by atoms with Crippen molar-refractivity contribution in [1.29, 1.82) is 0 Å². The monoisotopic (exact) mass is 225 g/mol. The first-order valence-electron chi connectivity index (χ1n) is 5.38. The molecular weight excluding hydrogens is 214 g/mol. The van der Waals surface area contributed by atoms with Crippen LogP contribution < -0.4 is 0 Å². The Morgan fingerprint density at radius 1 is 1.24 bits per heavy atom. The molecule has 0 heterocycles. The summed E-state index contributed by atoms with van der Waals surface area (Å²) in [5.41, 5.74) is 9.73. The van der Waals surface area contributed by atoms with E-state index in [1.165, 1.54) is 0 Å². The Morgan fingerprint density at radius 3 is 2.59 bits per heavy atom.